The first kappa shape index (κ1) is 14.0. The molecule has 3 nitrogen and oxygen atoms in total. The molecule has 0 aliphatic rings. The fourth-order valence-electron chi connectivity index (χ4n) is 0.316. The Bertz CT molecular complexity index is 140. The maximum Gasteiger partial charge on any atom is 0.330 e. The molecule has 0 heterocycles. The van der Waals surface area contributed by atoms with E-state index in [1.807, 2.05) is 0 Å². The fourth-order valence-corrected chi connectivity index (χ4v) is 0.316. The largest absolute Gasteiger partial charge is 0.461 e. The molecule has 0 rings (SSSR count). The van der Waals surface area contributed by atoms with E-state index >= 15 is 0 Å². The molecule has 0 aromatic carbocycles. The lowest BCUT2D eigenvalue weighted by atomic mass is 10.1. The molecule has 72 valence electrons. The van der Waals surface area contributed by atoms with E-state index in [-0.39, 0.29) is 6.61 Å². The minimum atomic E-state index is -0.460. The topological polar surface area (TPSA) is 52.3 Å². The first-order valence-corrected chi connectivity index (χ1v) is 4.17. The Hall–Kier alpha value is -0.540. The van der Waals surface area contributed by atoms with Crippen LogP contribution in [0.4, 0.5) is 0 Å². The molecular weight excluding hydrogens is 178 g/mol. The molecule has 0 saturated carbocycles. The van der Waals surface area contributed by atoms with Gasteiger partial charge in [-0.1, -0.05) is 6.58 Å². The third kappa shape index (κ3) is 12.2. The Morgan fingerprint density at radius 2 is 2.08 bits per heavy atom. The molecular formula is C8H16ClNO2. The molecule has 0 aromatic rings. The van der Waals surface area contributed by atoms with Gasteiger partial charge in [-0.15, -0.1) is 11.6 Å². The van der Waals surface area contributed by atoms with Crippen LogP contribution >= 0.6 is 11.6 Å². The highest BCUT2D eigenvalue weighted by Gasteiger charge is 2.11. The Morgan fingerprint density at radius 3 is 2.33 bits per heavy atom. The van der Waals surface area contributed by atoms with Gasteiger partial charge in [0, 0.05) is 18.0 Å². The molecule has 2 N–H and O–H groups in total. The van der Waals surface area contributed by atoms with Crippen LogP contribution in [-0.4, -0.2) is 24.5 Å². The van der Waals surface area contributed by atoms with E-state index in [9.17, 15) is 4.79 Å². The van der Waals surface area contributed by atoms with Crippen LogP contribution in [0.15, 0.2) is 12.7 Å². The monoisotopic (exact) mass is 193 g/mol. The standard InChI is InChI=1S/C7H13NO2.CH3Cl/c1-4-6(9)10-5-7(2,3)8;1-2/h4H,1,5,8H2,2-3H3;1H3. The van der Waals surface area contributed by atoms with Crippen LogP contribution in [0.25, 0.3) is 0 Å². The first-order chi connectivity index (χ1) is 5.45. The van der Waals surface area contributed by atoms with E-state index in [4.69, 9.17) is 5.73 Å². The van der Waals surface area contributed by atoms with Gasteiger partial charge in [-0.2, -0.15) is 0 Å². The molecule has 0 aliphatic carbocycles. The third-order valence-corrected chi connectivity index (χ3v) is 0.753. The quantitative estimate of drug-likeness (QED) is 0.418. The summed E-state index contributed by atoms with van der Waals surface area (Å²) in [5.41, 5.74) is 5.07. The van der Waals surface area contributed by atoms with Gasteiger partial charge in [-0.3, -0.25) is 0 Å². The molecule has 0 atom stereocenters. The van der Waals surface area contributed by atoms with Gasteiger partial charge in [0.25, 0.3) is 0 Å². The third-order valence-electron chi connectivity index (χ3n) is 0.753. The number of carbonyl (C=O) groups is 1. The predicted octanol–water partition coefficient (Wildman–Crippen LogP) is 1.31. The molecule has 0 amide bonds. The van der Waals surface area contributed by atoms with E-state index in [1.54, 1.807) is 13.8 Å². The van der Waals surface area contributed by atoms with E-state index < -0.39 is 11.5 Å². The average molecular weight is 194 g/mol. The fraction of sp³-hybridized carbons (Fsp3) is 0.625. The number of halogens is 1. The smallest absolute Gasteiger partial charge is 0.330 e. The van der Waals surface area contributed by atoms with Gasteiger partial charge in [0.05, 0.1) is 0 Å². The summed E-state index contributed by atoms with van der Waals surface area (Å²) in [7, 11) is 0. The van der Waals surface area contributed by atoms with Crippen LogP contribution in [-0.2, 0) is 9.53 Å². The average Bonchev–Trinajstić information content (AvgIpc) is 2.03. The second-order valence-electron chi connectivity index (χ2n) is 2.80. The molecule has 0 bridgehead atoms. The lowest BCUT2D eigenvalue weighted by Gasteiger charge is -2.16. The van der Waals surface area contributed by atoms with Crippen molar-refractivity contribution in [1.29, 1.82) is 0 Å². The first-order valence-electron chi connectivity index (χ1n) is 3.41. The van der Waals surface area contributed by atoms with Crippen LogP contribution in [0.1, 0.15) is 13.8 Å². The Morgan fingerprint density at radius 1 is 1.67 bits per heavy atom. The normalized spacial score (nSPS) is 9.42. The summed E-state index contributed by atoms with van der Waals surface area (Å²) >= 11 is 4.64. The Kier molecular flexibility index (Phi) is 8.32. The lowest BCUT2D eigenvalue weighted by molar-refractivity contribution is -0.139. The molecule has 0 unspecified atom stereocenters. The van der Waals surface area contributed by atoms with E-state index in [1.165, 1.54) is 6.38 Å². The summed E-state index contributed by atoms with van der Waals surface area (Å²) < 4.78 is 4.67. The number of esters is 1. The molecule has 4 heteroatoms. The number of alkyl halides is 1. The highest BCUT2D eigenvalue weighted by molar-refractivity contribution is 6.15. The van der Waals surface area contributed by atoms with Gasteiger partial charge in [-0.25, -0.2) is 4.79 Å². The minimum absolute atomic E-state index is 0.220. The summed E-state index contributed by atoms with van der Waals surface area (Å²) in [5, 5.41) is 0. The number of ether oxygens (including phenoxy) is 1. The van der Waals surface area contributed by atoms with Crippen LogP contribution in [0.5, 0.6) is 0 Å². The zero-order chi connectivity index (χ0) is 10.2. The van der Waals surface area contributed by atoms with Gasteiger partial charge >= 0.3 is 5.97 Å². The maximum absolute atomic E-state index is 10.5. The highest BCUT2D eigenvalue weighted by Crippen LogP contribution is 1.96. The molecule has 0 radical (unpaired) electrons. The van der Waals surface area contributed by atoms with Crippen molar-refractivity contribution in [2.45, 2.75) is 19.4 Å². The SMILES string of the molecule is C=CC(=O)OCC(C)(C)N.CCl. The van der Waals surface area contributed by atoms with Crippen LogP contribution < -0.4 is 5.73 Å². The Balaban J connectivity index is 0. The van der Waals surface area contributed by atoms with Crippen molar-refractivity contribution in [3.05, 3.63) is 12.7 Å². The maximum atomic E-state index is 10.5. The van der Waals surface area contributed by atoms with Crippen LogP contribution in [0.2, 0.25) is 0 Å². The molecule has 0 aromatic heterocycles. The molecule has 0 spiro atoms. The summed E-state index contributed by atoms with van der Waals surface area (Å²) in [6, 6.07) is 0. The molecule has 0 fully saturated rings. The second kappa shape index (κ2) is 7.13. The van der Waals surface area contributed by atoms with Crippen molar-refractivity contribution in [1.82, 2.24) is 0 Å². The number of rotatable bonds is 3. The molecule has 12 heavy (non-hydrogen) atoms. The predicted molar refractivity (Wildman–Crippen MR) is 51.2 cm³/mol. The van der Waals surface area contributed by atoms with Gasteiger partial charge in [0.1, 0.15) is 6.61 Å². The van der Waals surface area contributed by atoms with Crippen molar-refractivity contribution in [3.63, 3.8) is 0 Å². The van der Waals surface area contributed by atoms with E-state index in [0.717, 1.165) is 6.08 Å². The van der Waals surface area contributed by atoms with Gasteiger partial charge < -0.3 is 10.5 Å². The zero-order valence-electron chi connectivity index (χ0n) is 7.76. The Labute approximate surface area is 78.5 Å². The lowest BCUT2D eigenvalue weighted by Crippen LogP contribution is -2.38. The summed E-state index contributed by atoms with van der Waals surface area (Å²) in [6.45, 7) is 7.03. The van der Waals surface area contributed by atoms with Crippen molar-refractivity contribution in [2.24, 2.45) is 5.73 Å². The highest BCUT2D eigenvalue weighted by atomic mass is 35.5. The van der Waals surface area contributed by atoms with Gasteiger partial charge in [-0.05, 0) is 13.8 Å². The van der Waals surface area contributed by atoms with Crippen molar-refractivity contribution >= 4 is 17.6 Å². The van der Waals surface area contributed by atoms with Crippen LogP contribution in [0.3, 0.4) is 0 Å². The summed E-state index contributed by atoms with van der Waals surface area (Å²) in [4.78, 5) is 10.5. The summed E-state index contributed by atoms with van der Waals surface area (Å²) in [6.07, 6.45) is 2.59. The number of nitrogens with two attached hydrogens (primary N) is 1. The van der Waals surface area contributed by atoms with E-state index in [0.29, 0.717) is 0 Å². The van der Waals surface area contributed by atoms with Gasteiger partial charge in [0.15, 0.2) is 0 Å². The second-order valence-corrected chi connectivity index (χ2v) is 2.80. The van der Waals surface area contributed by atoms with Crippen molar-refractivity contribution in [2.75, 3.05) is 13.0 Å². The zero-order valence-corrected chi connectivity index (χ0v) is 8.52. The number of hydrogen-bond donors (Lipinski definition) is 1. The van der Waals surface area contributed by atoms with Crippen molar-refractivity contribution < 1.29 is 9.53 Å². The van der Waals surface area contributed by atoms with Gasteiger partial charge in [0.2, 0.25) is 0 Å². The minimum Gasteiger partial charge on any atom is -0.461 e. The molecule has 0 saturated heterocycles. The number of carbonyl (C=O) groups excluding carboxylic acids is 1. The van der Waals surface area contributed by atoms with Crippen molar-refractivity contribution in [3.8, 4) is 0 Å². The number of hydrogen-bond acceptors (Lipinski definition) is 3. The van der Waals surface area contributed by atoms with E-state index in [2.05, 4.69) is 22.9 Å². The van der Waals surface area contributed by atoms with Crippen LogP contribution in [0, 0.1) is 0 Å². The molecule has 0 aliphatic heterocycles. The summed E-state index contributed by atoms with van der Waals surface area (Å²) in [5.74, 6) is -0.432.